The molecule has 0 spiro atoms. The number of hydrogen-bond acceptors (Lipinski definition) is 5. The van der Waals surface area contributed by atoms with Crippen molar-refractivity contribution >= 4 is 11.9 Å². The minimum Gasteiger partial charge on any atom is -0.494 e. The molecule has 0 unspecified atom stereocenters. The van der Waals surface area contributed by atoms with Crippen LogP contribution in [0.15, 0.2) is 18.2 Å². The molecule has 0 radical (unpaired) electrons. The van der Waals surface area contributed by atoms with Crippen LogP contribution in [0.25, 0.3) is 0 Å². The van der Waals surface area contributed by atoms with Crippen LogP contribution in [0, 0.1) is 0 Å². The first-order valence-electron chi connectivity index (χ1n) is 6.25. The molecular formula is C14H18O5. The highest BCUT2D eigenvalue weighted by atomic mass is 16.5. The molecule has 1 rings (SSSR count). The normalized spacial score (nSPS) is 9.84. The first-order chi connectivity index (χ1) is 9.13. The van der Waals surface area contributed by atoms with Gasteiger partial charge in [-0.05, 0) is 39.0 Å². The first kappa shape index (κ1) is 15.0. The standard InChI is InChI=1S/C14H18O5/c1-4-17-10-7-8-11(13(15)18-5-2)12(9-10)14(16)19-6-3/h7-9H,4-6H2,1-3H3. The second-order valence-electron chi connectivity index (χ2n) is 3.58. The minimum absolute atomic E-state index is 0.159. The van der Waals surface area contributed by atoms with E-state index in [-0.39, 0.29) is 24.3 Å². The van der Waals surface area contributed by atoms with Crippen molar-refractivity contribution in [3.63, 3.8) is 0 Å². The van der Waals surface area contributed by atoms with Crippen LogP contribution in [0.1, 0.15) is 41.5 Å². The Labute approximate surface area is 112 Å². The van der Waals surface area contributed by atoms with Crippen LogP contribution in [-0.2, 0) is 9.47 Å². The summed E-state index contributed by atoms with van der Waals surface area (Å²) in [5.41, 5.74) is 0.343. The number of rotatable bonds is 6. The van der Waals surface area contributed by atoms with E-state index in [9.17, 15) is 9.59 Å². The van der Waals surface area contributed by atoms with Crippen LogP contribution in [0.3, 0.4) is 0 Å². The van der Waals surface area contributed by atoms with Crippen molar-refractivity contribution in [2.75, 3.05) is 19.8 Å². The Kier molecular flexibility index (Phi) is 5.85. The maximum Gasteiger partial charge on any atom is 0.339 e. The maximum atomic E-state index is 11.8. The SMILES string of the molecule is CCOC(=O)c1ccc(OCC)cc1C(=O)OCC. The van der Waals surface area contributed by atoms with E-state index >= 15 is 0 Å². The monoisotopic (exact) mass is 266 g/mol. The fraction of sp³-hybridized carbons (Fsp3) is 0.429. The Morgan fingerprint density at radius 3 is 2.00 bits per heavy atom. The fourth-order valence-corrected chi connectivity index (χ4v) is 1.54. The van der Waals surface area contributed by atoms with E-state index in [1.54, 1.807) is 19.9 Å². The van der Waals surface area contributed by atoms with Gasteiger partial charge in [0.2, 0.25) is 0 Å². The molecule has 0 amide bonds. The van der Waals surface area contributed by atoms with Gasteiger partial charge in [-0.1, -0.05) is 0 Å². The third kappa shape index (κ3) is 3.98. The Morgan fingerprint density at radius 2 is 1.47 bits per heavy atom. The molecule has 0 aliphatic rings. The molecule has 19 heavy (non-hydrogen) atoms. The smallest absolute Gasteiger partial charge is 0.339 e. The van der Waals surface area contributed by atoms with Crippen molar-refractivity contribution in [2.45, 2.75) is 20.8 Å². The summed E-state index contributed by atoms with van der Waals surface area (Å²) in [6, 6.07) is 4.63. The highest BCUT2D eigenvalue weighted by Gasteiger charge is 2.20. The van der Waals surface area contributed by atoms with Gasteiger partial charge >= 0.3 is 11.9 Å². The van der Waals surface area contributed by atoms with Crippen molar-refractivity contribution in [1.29, 1.82) is 0 Å². The molecule has 0 saturated carbocycles. The van der Waals surface area contributed by atoms with Crippen LogP contribution < -0.4 is 4.74 Å². The van der Waals surface area contributed by atoms with E-state index in [0.717, 1.165) is 0 Å². The molecule has 5 nitrogen and oxygen atoms in total. The fourth-order valence-electron chi connectivity index (χ4n) is 1.54. The van der Waals surface area contributed by atoms with E-state index in [2.05, 4.69) is 0 Å². The molecule has 0 saturated heterocycles. The van der Waals surface area contributed by atoms with Gasteiger partial charge in [-0.2, -0.15) is 0 Å². The second-order valence-corrected chi connectivity index (χ2v) is 3.58. The Morgan fingerprint density at radius 1 is 0.895 bits per heavy atom. The summed E-state index contributed by atoms with van der Waals surface area (Å²) in [6.07, 6.45) is 0. The summed E-state index contributed by atoms with van der Waals surface area (Å²) in [6.45, 7) is 6.20. The number of carbonyl (C=O) groups is 2. The molecule has 0 aliphatic heterocycles. The zero-order valence-electron chi connectivity index (χ0n) is 11.4. The number of benzene rings is 1. The Balaban J connectivity index is 3.14. The van der Waals surface area contributed by atoms with Crippen molar-refractivity contribution in [3.8, 4) is 5.75 Å². The van der Waals surface area contributed by atoms with Crippen molar-refractivity contribution in [2.24, 2.45) is 0 Å². The third-order valence-electron chi connectivity index (χ3n) is 2.29. The van der Waals surface area contributed by atoms with Crippen LogP contribution in [0.5, 0.6) is 5.75 Å². The van der Waals surface area contributed by atoms with Gasteiger partial charge in [0.25, 0.3) is 0 Å². The lowest BCUT2D eigenvalue weighted by molar-refractivity contribution is 0.0478. The molecule has 1 aromatic carbocycles. The second kappa shape index (κ2) is 7.41. The van der Waals surface area contributed by atoms with Gasteiger partial charge in [0, 0.05) is 0 Å². The summed E-state index contributed by atoms with van der Waals surface area (Å²) in [5, 5.41) is 0. The largest absolute Gasteiger partial charge is 0.494 e. The van der Waals surface area contributed by atoms with E-state index in [1.165, 1.54) is 12.1 Å². The quantitative estimate of drug-likeness (QED) is 0.740. The number of esters is 2. The van der Waals surface area contributed by atoms with Crippen molar-refractivity contribution in [3.05, 3.63) is 29.3 Å². The van der Waals surface area contributed by atoms with E-state index in [1.807, 2.05) is 6.92 Å². The highest BCUT2D eigenvalue weighted by molar-refractivity contribution is 6.03. The van der Waals surface area contributed by atoms with Gasteiger partial charge < -0.3 is 14.2 Å². The number of ether oxygens (including phenoxy) is 3. The van der Waals surface area contributed by atoms with Crippen LogP contribution >= 0.6 is 0 Å². The van der Waals surface area contributed by atoms with Gasteiger partial charge in [-0.25, -0.2) is 9.59 Å². The van der Waals surface area contributed by atoms with E-state index in [4.69, 9.17) is 14.2 Å². The summed E-state index contributed by atoms with van der Waals surface area (Å²) in [4.78, 5) is 23.6. The molecule has 0 heterocycles. The van der Waals surface area contributed by atoms with E-state index in [0.29, 0.717) is 12.4 Å². The van der Waals surface area contributed by atoms with Crippen LogP contribution in [0.4, 0.5) is 0 Å². The van der Waals surface area contributed by atoms with Crippen molar-refractivity contribution < 1.29 is 23.8 Å². The predicted molar refractivity (Wildman–Crippen MR) is 69.5 cm³/mol. The lowest BCUT2D eigenvalue weighted by atomic mass is 10.1. The third-order valence-corrected chi connectivity index (χ3v) is 2.29. The van der Waals surface area contributed by atoms with Crippen LogP contribution in [0.2, 0.25) is 0 Å². The average Bonchev–Trinajstić information content (AvgIpc) is 2.39. The Hall–Kier alpha value is -2.04. The zero-order chi connectivity index (χ0) is 14.3. The number of hydrogen-bond donors (Lipinski definition) is 0. The molecule has 0 N–H and O–H groups in total. The van der Waals surface area contributed by atoms with Gasteiger partial charge in [0.05, 0.1) is 30.9 Å². The molecule has 104 valence electrons. The molecule has 1 aromatic rings. The predicted octanol–water partition coefficient (Wildman–Crippen LogP) is 2.44. The minimum atomic E-state index is -0.563. The molecule has 0 aromatic heterocycles. The lowest BCUT2D eigenvalue weighted by Gasteiger charge is -2.10. The maximum absolute atomic E-state index is 11.8. The summed E-state index contributed by atoms with van der Waals surface area (Å²) in [7, 11) is 0. The molecule has 0 atom stereocenters. The van der Waals surface area contributed by atoms with Crippen molar-refractivity contribution in [1.82, 2.24) is 0 Å². The summed E-state index contributed by atoms with van der Waals surface area (Å²) in [5.74, 6) is -0.598. The number of carbonyl (C=O) groups excluding carboxylic acids is 2. The topological polar surface area (TPSA) is 61.8 Å². The molecule has 0 aliphatic carbocycles. The zero-order valence-corrected chi connectivity index (χ0v) is 11.4. The van der Waals surface area contributed by atoms with Gasteiger partial charge in [-0.15, -0.1) is 0 Å². The lowest BCUT2D eigenvalue weighted by Crippen LogP contribution is -2.14. The highest BCUT2D eigenvalue weighted by Crippen LogP contribution is 2.20. The first-order valence-corrected chi connectivity index (χ1v) is 6.25. The average molecular weight is 266 g/mol. The Bertz CT molecular complexity index is 453. The molecular weight excluding hydrogens is 248 g/mol. The molecule has 0 bridgehead atoms. The summed E-state index contributed by atoms with van der Waals surface area (Å²) < 4.78 is 15.1. The molecule has 5 heteroatoms. The van der Waals surface area contributed by atoms with Gasteiger partial charge in [0.15, 0.2) is 0 Å². The molecule has 0 fully saturated rings. The van der Waals surface area contributed by atoms with Gasteiger partial charge in [0.1, 0.15) is 5.75 Å². The van der Waals surface area contributed by atoms with Gasteiger partial charge in [-0.3, -0.25) is 0 Å². The van der Waals surface area contributed by atoms with E-state index < -0.39 is 11.9 Å². The summed E-state index contributed by atoms with van der Waals surface area (Å²) >= 11 is 0. The van der Waals surface area contributed by atoms with Crippen LogP contribution in [-0.4, -0.2) is 31.8 Å².